The van der Waals surface area contributed by atoms with Gasteiger partial charge in [-0.25, -0.2) is 8.78 Å². The van der Waals surface area contributed by atoms with E-state index in [1.54, 1.807) is 72.8 Å². The molecule has 170 valence electrons. The van der Waals surface area contributed by atoms with Gasteiger partial charge in [-0.3, -0.25) is 4.79 Å². The molecule has 0 unspecified atom stereocenters. The predicted octanol–water partition coefficient (Wildman–Crippen LogP) is 6.81. The molecule has 36 heavy (non-hydrogen) atoms. The number of rotatable bonds is 4. The lowest BCUT2D eigenvalue weighted by molar-refractivity contribution is -0.108. The smallest absolute Gasteiger partial charge is 0.195 e. The Morgan fingerprint density at radius 1 is 0.444 bits per heavy atom. The maximum atomic E-state index is 14.1. The monoisotopic (exact) mass is 470 g/mol. The first kappa shape index (κ1) is 22.7. The summed E-state index contributed by atoms with van der Waals surface area (Å²) in [4.78, 5) is 14.1. The lowest BCUT2D eigenvalue weighted by atomic mass is 9.88. The molecule has 4 aromatic carbocycles. The summed E-state index contributed by atoms with van der Waals surface area (Å²) in [7, 11) is 0. The molecule has 0 fully saturated rings. The van der Waals surface area contributed by atoms with Crippen LogP contribution in [0.5, 0.6) is 0 Å². The van der Waals surface area contributed by atoms with E-state index in [4.69, 9.17) is 0 Å². The van der Waals surface area contributed by atoms with Crippen molar-refractivity contribution < 1.29 is 13.6 Å². The van der Waals surface area contributed by atoms with Crippen molar-refractivity contribution in [3.63, 3.8) is 0 Å². The molecule has 0 bridgehead atoms. The van der Waals surface area contributed by atoms with Crippen molar-refractivity contribution in [3.05, 3.63) is 142 Å². The quantitative estimate of drug-likeness (QED) is 0.329. The number of carbonyl (C=O) groups is 1. The molecule has 0 spiro atoms. The van der Waals surface area contributed by atoms with E-state index in [2.05, 4.69) is 12.1 Å². The zero-order valence-electron chi connectivity index (χ0n) is 18.8. The summed E-state index contributed by atoms with van der Waals surface area (Å²) >= 11 is 0. The second kappa shape index (κ2) is 9.25. The van der Waals surface area contributed by atoms with Gasteiger partial charge >= 0.3 is 0 Å². The van der Waals surface area contributed by atoms with E-state index in [1.807, 2.05) is 0 Å². The zero-order valence-corrected chi connectivity index (χ0v) is 18.8. The molecule has 1 aliphatic carbocycles. The van der Waals surface area contributed by atoms with E-state index in [1.165, 1.54) is 24.3 Å². The Morgan fingerprint density at radius 3 is 1.03 bits per heavy atom. The maximum absolute atomic E-state index is 14.1. The van der Waals surface area contributed by atoms with E-state index in [0.717, 1.165) is 0 Å². The number of halogens is 2. The molecule has 0 amide bonds. The van der Waals surface area contributed by atoms with Gasteiger partial charge in [-0.1, -0.05) is 48.5 Å². The lowest BCUT2D eigenvalue weighted by Crippen LogP contribution is -2.02. The largest absolute Gasteiger partial charge is 0.289 e. The minimum Gasteiger partial charge on any atom is -0.289 e. The Morgan fingerprint density at radius 2 is 0.722 bits per heavy atom. The van der Waals surface area contributed by atoms with Crippen molar-refractivity contribution in [2.45, 2.75) is 0 Å². The summed E-state index contributed by atoms with van der Waals surface area (Å²) in [6.45, 7) is 0. The highest BCUT2D eigenvalue weighted by molar-refractivity contribution is 6.59. The van der Waals surface area contributed by atoms with Crippen LogP contribution in [0.4, 0.5) is 8.78 Å². The number of carbonyl (C=O) groups excluding carboxylic acids is 1. The van der Waals surface area contributed by atoms with E-state index in [-0.39, 0.29) is 5.78 Å². The van der Waals surface area contributed by atoms with Crippen LogP contribution in [-0.4, -0.2) is 5.78 Å². The number of hydrogen-bond acceptors (Lipinski definition) is 3. The Bertz CT molecular complexity index is 1510. The fourth-order valence-electron chi connectivity index (χ4n) is 4.39. The predicted molar refractivity (Wildman–Crippen MR) is 134 cm³/mol. The standard InChI is InChI=1S/C31H16F2N2O/c32-25-13-9-23(10-14-25)29-27(21-5-1-19(17-34)2-6-21)28(22-7-3-20(18-35)4-8-22)30(31(29)36)24-11-15-26(33)16-12-24/h1-16H. The summed E-state index contributed by atoms with van der Waals surface area (Å²) in [5, 5.41) is 18.5. The number of ketones is 1. The Balaban J connectivity index is 1.85. The Labute approximate surface area is 206 Å². The number of hydrogen-bond donors (Lipinski definition) is 0. The first-order chi connectivity index (χ1) is 17.5. The van der Waals surface area contributed by atoms with Crippen LogP contribution in [-0.2, 0) is 4.79 Å². The molecular formula is C31H16F2N2O. The van der Waals surface area contributed by atoms with Gasteiger partial charge in [0.25, 0.3) is 0 Å². The van der Waals surface area contributed by atoms with Crippen LogP contribution in [0.1, 0.15) is 33.4 Å². The molecule has 5 heteroatoms. The van der Waals surface area contributed by atoms with Crippen molar-refractivity contribution in [3.8, 4) is 12.1 Å². The topological polar surface area (TPSA) is 64.7 Å². The first-order valence-electron chi connectivity index (χ1n) is 11.1. The summed E-state index contributed by atoms with van der Waals surface area (Å²) in [5.41, 5.74) is 5.35. The van der Waals surface area contributed by atoms with Crippen LogP contribution in [0.25, 0.3) is 22.3 Å². The molecule has 0 saturated heterocycles. The Hall–Kier alpha value is -5.13. The fraction of sp³-hybridized carbons (Fsp3) is 0. The Kier molecular flexibility index (Phi) is 5.82. The second-order valence-electron chi connectivity index (χ2n) is 8.22. The molecule has 5 rings (SSSR count). The van der Waals surface area contributed by atoms with Gasteiger partial charge in [-0.15, -0.1) is 0 Å². The SMILES string of the molecule is N#Cc1ccc(C2=C(c3ccc(F)cc3)C(=O)C(c3ccc(F)cc3)=C2c2ccc(C#N)cc2)cc1. The molecule has 0 N–H and O–H groups in total. The third kappa shape index (κ3) is 4.00. The van der Waals surface area contributed by atoms with Crippen LogP contribution in [0.3, 0.4) is 0 Å². The minimum atomic E-state index is -0.427. The fourth-order valence-corrected chi connectivity index (χ4v) is 4.39. The van der Waals surface area contributed by atoms with Gasteiger partial charge in [0.15, 0.2) is 5.78 Å². The molecular weight excluding hydrogens is 454 g/mol. The number of benzene rings is 4. The first-order valence-corrected chi connectivity index (χ1v) is 11.1. The highest BCUT2D eigenvalue weighted by atomic mass is 19.1. The van der Waals surface area contributed by atoms with Gasteiger partial charge in [-0.2, -0.15) is 10.5 Å². The van der Waals surface area contributed by atoms with Crippen molar-refractivity contribution in [1.29, 1.82) is 10.5 Å². The minimum absolute atomic E-state index is 0.285. The van der Waals surface area contributed by atoms with Crippen LogP contribution < -0.4 is 0 Å². The summed E-state index contributed by atoms with van der Waals surface area (Å²) < 4.78 is 27.5. The molecule has 0 atom stereocenters. The molecule has 0 saturated carbocycles. The molecule has 0 aliphatic heterocycles. The van der Waals surface area contributed by atoms with Crippen LogP contribution in [0, 0.1) is 34.3 Å². The normalized spacial score (nSPS) is 13.1. The van der Waals surface area contributed by atoms with Crippen molar-refractivity contribution >= 4 is 28.1 Å². The zero-order chi connectivity index (χ0) is 25.2. The molecule has 0 aromatic heterocycles. The molecule has 3 nitrogen and oxygen atoms in total. The average molecular weight is 470 g/mol. The van der Waals surface area contributed by atoms with Gasteiger partial charge in [0, 0.05) is 22.3 Å². The molecule has 1 aliphatic rings. The molecule has 0 heterocycles. The summed E-state index contributed by atoms with van der Waals surface area (Å²) in [6, 6.07) is 29.3. The molecule has 4 aromatic rings. The van der Waals surface area contributed by atoms with Crippen LogP contribution >= 0.6 is 0 Å². The summed E-state index contributed by atoms with van der Waals surface area (Å²) in [6.07, 6.45) is 0. The van der Waals surface area contributed by atoms with Gasteiger partial charge in [0.1, 0.15) is 11.6 Å². The second-order valence-corrected chi connectivity index (χ2v) is 8.22. The molecule has 0 radical (unpaired) electrons. The van der Waals surface area contributed by atoms with Crippen molar-refractivity contribution in [2.24, 2.45) is 0 Å². The van der Waals surface area contributed by atoms with Gasteiger partial charge in [0.2, 0.25) is 0 Å². The van der Waals surface area contributed by atoms with E-state index < -0.39 is 11.6 Å². The lowest BCUT2D eigenvalue weighted by Gasteiger charge is -2.14. The van der Waals surface area contributed by atoms with Gasteiger partial charge in [-0.05, 0) is 70.8 Å². The van der Waals surface area contributed by atoms with Gasteiger partial charge in [0.05, 0.1) is 23.3 Å². The highest BCUT2D eigenvalue weighted by Gasteiger charge is 2.35. The van der Waals surface area contributed by atoms with Crippen molar-refractivity contribution in [2.75, 3.05) is 0 Å². The number of allylic oxidation sites excluding steroid dienone is 4. The summed E-state index contributed by atoms with van der Waals surface area (Å²) in [5.74, 6) is -1.14. The van der Waals surface area contributed by atoms with Crippen LogP contribution in [0.15, 0.2) is 97.1 Å². The van der Waals surface area contributed by atoms with E-state index >= 15 is 0 Å². The number of Topliss-reactive ketones (excluding diaryl/α,β-unsaturated/α-hetero) is 1. The highest BCUT2D eigenvalue weighted by Crippen LogP contribution is 2.49. The third-order valence-corrected chi connectivity index (χ3v) is 6.08. The van der Waals surface area contributed by atoms with E-state index in [0.29, 0.717) is 55.7 Å². The van der Waals surface area contributed by atoms with E-state index in [9.17, 15) is 24.1 Å². The number of nitrogens with zero attached hydrogens (tertiary/aromatic N) is 2. The number of nitriles is 2. The van der Waals surface area contributed by atoms with Crippen molar-refractivity contribution in [1.82, 2.24) is 0 Å². The van der Waals surface area contributed by atoms with Crippen LogP contribution in [0.2, 0.25) is 0 Å². The third-order valence-electron chi connectivity index (χ3n) is 6.08. The average Bonchev–Trinajstić information content (AvgIpc) is 3.22. The maximum Gasteiger partial charge on any atom is 0.195 e. The van der Waals surface area contributed by atoms with Gasteiger partial charge < -0.3 is 0 Å².